The molecule has 0 aliphatic carbocycles. The Kier molecular flexibility index (Phi) is 5.71. The number of aromatic nitrogens is 6. The van der Waals surface area contributed by atoms with Gasteiger partial charge in [0, 0.05) is 41.0 Å². The summed E-state index contributed by atoms with van der Waals surface area (Å²) >= 11 is 1.68. The molecule has 8 heteroatoms. The predicted molar refractivity (Wildman–Crippen MR) is 158 cm³/mol. The average molecular weight is 526 g/mol. The van der Waals surface area contributed by atoms with Crippen LogP contribution in [0.4, 0.5) is 5.69 Å². The lowest BCUT2D eigenvalue weighted by atomic mass is 10.1. The van der Waals surface area contributed by atoms with E-state index >= 15 is 0 Å². The van der Waals surface area contributed by atoms with E-state index in [2.05, 4.69) is 66.7 Å². The maximum atomic E-state index is 4.99. The van der Waals surface area contributed by atoms with Crippen molar-refractivity contribution in [2.24, 2.45) is 0 Å². The molecule has 0 bridgehead atoms. The summed E-state index contributed by atoms with van der Waals surface area (Å²) in [5.74, 6) is 0. The van der Waals surface area contributed by atoms with Crippen molar-refractivity contribution in [1.29, 1.82) is 0 Å². The van der Waals surface area contributed by atoms with E-state index in [4.69, 9.17) is 4.98 Å². The minimum absolute atomic E-state index is 0.738. The van der Waals surface area contributed by atoms with Crippen LogP contribution in [-0.2, 0) is 6.42 Å². The maximum Gasteiger partial charge on any atom is 0.135 e. The van der Waals surface area contributed by atoms with Crippen LogP contribution >= 0.6 is 11.3 Å². The normalized spacial score (nSPS) is 11.3. The first kappa shape index (κ1) is 23.1. The number of H-pyrrole nitrogens is 2. The molecule has 0 saturated heterocycles. The Morgan fingerprint density at radius 3 is 2.72 bits per heavy atom. The second-order valence-corrected chi connectivity index (χ2v) is 10.2. The molecule has 0 fully saturated rings. The number of aromatic amines is 2. The van der Waals surface area contributed by atoms with Crippen LogP contribution < -0.4 is 5.32 Å². The Morgan fingerprint density at radius 2 is 1.85 bits per heavy atom. The van der Waals surface area contributed by atoms with Crippen LogP contribution in [0.1, 0.15) is 5.56 Å². The summed E-state index contributed by atoms with van der Waals surface area (Å²) < 4.78 is 0. The molecular weight excluding hydrogens is 502 g/mol. The van der Waals surface area contributed by atoms with E-state index in [1.54, 1.807) is 17.5 Å². The van der Waals surface area contributed by atoms with Gasteiger partial charge in [0.25, 0.3) is 0 Å². The van der Waals surface area contributed by atoms with E-state index < -0.39 is 0 Å². The first-order valence-corrected chi connectivity index (χ1v) is 13.4. The number of nitrogens with one attached hydrogen (secondary N) is 3. The van der Waals surface area contributed by atoms with Crippen LogP contribution in [0.15, 0.2) is 109 Å². The lowest BCUT2D eigenvalue weighted by Crippen LogP contribution is -2.02. The van der Waals surface area contributed by atoms with Gasteiger partial charge in [0.15, 0.2) is 0 Å². The maximum absolute atomic E-state index is 4.99. The highest BCUT2D eigenvalue weighted by molar-refractivity contribution is 7.13. The van der Waals surface area contributed by atoms with Gasteiger partial charge in [0.05, 0.1) is 39.4 Å². The molecule has 6 heterocycles. The number of allylic oxidation sites excluding steroid dienone is 1. The van der Waals surface area contributed by atoms with E-state index in [0.717, 1.165) is 73.0 Å². The molecule has 6 aromatic heterocycles. The van der Waals surface area contributed by atoms with E-state index in [9.17, 15) is 0 Å². The summed E-state index contributed by atoms with van der Waals surface area (Å²) in [7, 11) is 0. The molecule has 0 aliphatic heterocycles. The molecule has 7 rings (SSSR count). The van der Waals surface area contributed by atoms with E-state index in [1.165, 1.54) is 5.56 Å². The van der Waals surface area contributed by atoms with Crippen molar-refractivity contribution >= 4 is 39.0 Å². The molecule has 0 saturated carbocycles. The average Bonchev–Trinajstić information content (AvgIpc) is 3.73. The molecule has 0 atom stereocenters. The lowest BCUT2D eigenvalue weighted by molar-refractivity contribution is 1.12. The number of benzene rings is 1. The van der Waals surface area contributed by atoms with Crippen molar-refractivity contribution in [2.45, 2.75) is 6.42 Å². The number of rotatable bonds is 7. The second-order valence-electron chi connectivity index (χ2n) is 9.30. The molecule has 0 spiro atoms. The van der Waals surface area contributed by atoms with Crippen LogP contribution in [0.2, 0.25) is 0 Å². The number of nitrogens with zero attached hydrogens (tertiary/aromatic N) is 4. The van der Waals surface area contributed by atoms with Gasteiger partial charge < -0.3 is 10.3 Å². The molecule has 0 amide bonds. The van der Waals surface area contributed by atoms with Gasteiger partial charge in [-0.2, -0.15) is 5.10 Å². The van der Waals surface area contributed by atoms with Crippen molar-refractivity contribution in [3.8, 4) is 33.2 Å². The first-order valence-electron chi connectivity index (χ1n) is 12.5. The van der Waals surface area contributed by atoms with Gasteiger partial charge in [-0.05, 0) is 47.3 Å². The summed E-state index contributed by atoms with van der Waals surface area (Å²) in [6.07, 6.45) is 6.19. The quantitative estimate of drug-likeness (QED) is 0.201. The van der Waals surface area contributed by atoms with Crippen LogP contribution in [0.25, 0.3) is 55.2 Å². The molecule has 39 heavy (non-hydrogen) atoms. The predicted octanol–water partition coefficient (Wildman–Crippen LogP) is 7.46. The standard InChI is InChI=1S/C31H23N7S/c1-19(14-20-6-3-2-4-7-20)34-22-15-21(17-32-18-22)24-9-10-26-30(36-24)31(38-37-26)27-16-23-25(35-27)11-12-33-29(23)28-8-5-13-39-28/h2-13,15-18,34-35H,1,14H2,(H,37,38). The highest BCUT2D eigenvalue weighted by atomic mass is 32.1. The molecule has 3 N–H and O–H groups in total. The fourth-order valence-corrected chi connectivity index (χ4v) is 5.51. The number of pyridine rings is 3. The Morgan fingerprint density at radius 1 is 0.923 bits per heavy atom. The topological polar surface area (TPSA) is 95.2 Å². The summed E-state index contributed by atoms with van der Waals surface area (Å²) in [5, 5.41) is 14.2. The molecular formula is C31H23N7S. The third-order valence-corrected chi connectivity index (χ3v) is 7.46. The molecule has 7 nitrogen and oxygen atoms in total. The molecule has 0 aliphatic rings. The fourth-order valence-electron chi connectivity index (χ4n) is 4.78. The zero-order chi connectivity index (χ0) is 26.2. The van der Waals surface area contributed by atoms with Gasteiger partial charge >= 0.3 is 0 Å². The van der Waals surface area contributed by atoms with Crippen molar-refractivity contribution < 1.29 is 0 Å². The van der Waals surface area contributed by atoms with E-state index in [-0.39, 0.29) is 0 Å². The summed E-state index contributed by atoms with van der Waals surface area (Å²) in [4.78, 5) is 18.7. The number of fused-ring (bicyclic) bond motifs is 2. The first-order chi connectivity index (χ1) is 19.2. The Balaban J connectivity index is 1.21. The van der Waals surface area contributed by atoms with E-state index in [0.29, 0.717) is 0 Å². The zero-order valence-electron chi connectivity index (χ0n) is 20.8. The second kappa shape index (κ2) is 9.66. The van der Waals surface area contributed by atoms with Crippen LogP contribution in [-0.4, -0.2) is 30.1 Å². The lowest BCUT2D eigenvalue weighted by Gasteiger charge is -2.11. The summed E-state index contributed by atoms with van der Waals surface area (Å²) in [6, 6.07) is 24.5. The minimum atomic E-state index is 0.738. The molecule has 0 radical (unpaired) electrons. The van der Waals surface area contributed by atoms with Crippen molar-refractivity contribution in [3.05, 3.63) is 115 Å². The van der Waals surface area contributed by atoms with Crippen molar-refractivity contribution in [2.75, 3.05) is 5.32 Å². The molecule has 0 unspecified atom stereocenters. The summed E-state index contributed by atoms with van der Waals surface area (Å²) in [6.45, 7) is 4.19. The van der Waals surface area contributed by atoms with Crippen molar-refractivity contribution in [3.63, 3.8) is 0 Å². The third kappa shape index (κ3) is 4.47. The van der Waals surface area contributed by atoms with Crippen LogP contribution in [0.5, 0.6) is 0 Å². The van der Waals surface area contributed by atoms with Gasteiger partial charge in [-0.1, -0.05) is 43.0 Å². The zero-order valence-corrected chi connectivity index (χ0v) is 21.7. The minimum Gasteiger partial charge on any atom is -0.358 e. The van der Waals surface area contributed by atoms with Gasteiger partial charge in [-0.3, -0.25) is 15.1 Å². The van der Waals surface area contributed by atoms with Crippen LogP contribution in [0, 0.1) is 0 Å². The molecule has 188 valence electrons. The highest BCUT2D eigenvalue weighted by Gasteiger charge is 2.16. The number of anilines is 1. The largest absolute Gasteiger partial charge is 0.358 e. The van der Waals surface area contributed by atoms with Gasteiger partial charge in [0.1, 0.15) is 11.2 Å². The van der Waals surface area contributed by atoms with E-state index in [1.807, 2.05) is 60.9 Å². The SMILES string of the molecule is C=C(Cc1ccccc1)Nc1cncc(-c2ccc3[nH]nc(-c4cc5c(-c6cccs6)nccc5[nH]4)c3n2)c1. The van der Waals surface area contributed by atoms with Gasteiger partial charge in [0.2, 0.25) is 0 Å². The van der Waals surface area contributed by atoms with Gasteiger partial charge in [-0.15, -0.1) is 11.3 Å². The number of hydrogen-bond donors (Lipinski definition) is 3. The van der Waals surface area contributed by atoms with Crippen molar-refractivity contribution in [1.82, 2.24) is 30.1 Å². The molecule has 7 aromatic rings. The van der Waals surface area contributed by atoms with Crippen LogP contribution in [0.3, 0.4) is 0 Å². The Bertz CT molecular complexity index is 1930. The monoisotopic (exact) mass is 525 g/mol. The number of thiophene rings is 1. The smallest absolute Gasteiger partial charge is 0.135 e. The van der Waals surface area contributed by atoms with Gasteiger partial charge in [-0.25, -0.2) is 4.98 Å². The highest BCUT2D eigenvalue weighted by Crippen LogP contribution is 2.34. The summed E-state index contributed by atoms with van der Waals surface area (Å²) in [5.41, 5.74) is 9.96. The fraction of sp³-hybridized carbons (Fsp3) is 0.0323. The Hall–Kier alpha value is -5.08. The Labute approximate surface area is 228 Å². The third-order valence-electron chi connectivity index (χ3n) is 6.58. The number of hydrogen-bond acceptors (Lipinski definition) is 6. The molecule has 1 aromatic carbocycles.